The molecule has 2 heterocycles. The largest absolute Gasteiger partial charge is 0.309 e. The zero-order valence-corrected chi connectivity index (χ0v) is 14.3. The third-order valence-electron chi connectivity index (χ3n) is 4.19. The number of H-pyrrole nitrogens is 1. The molecule has 0 amide bonds. The van der Waals surface area contributed by atoms with E-state index >= 15 is 0 Å². The number of thioether (sulfide) groups is 1. The predicted octanol–water partition coefficient (Wildman–Crippen LogP) is 2.97. The van der Waals surface area contributed by atoms with Crippen molar-refractivity contribution in [3.8, 4) is 0 Å². The summed E-state index contributed by atoms with van der Waals surface area (Å²) in [5.41, 5.74) is 0.447. The van der Waals surface area contributed by atoms with E-state index in [0.717, 1.165) is 18.0 Å². The molecule has 2 aromatic heterocycles. The highest BCUT2D eigenvalue weighted by Gasteiger charge is 2.21. The van der Waals surface area contributed by atoms with Crippen LogP contribution in [0.4, 0.5) is 0 Å². The van der Waals surface area contributed by atoms with Crippen molar-refractivity contribution >= 4 is 34.3 Å². The summed E-state index contributed by atoms with van der Waals surface area (Å²) in [6.07, 6.45) is 4.67. The Morgan fingerprint density at radius 3 is 3.00 bits per heavy atom. The van der Waals surface area contributed by atoms with Gasteiger partial charge in [0.15, 0.2) is 0 Å². The summed E-state index contributed by atoms with van der Waals surface area (Å²) in [6.45, 7) is 0. The third kappa shape index (κ3) is 3.03. The molecule has 1 aromatic carbocycles. The SMILES string of the molecule is O=c1[nH]c(CSc2nnnn2C2CCCC2)nc2ccc(Cl)cc12. The zero-order chi connectivity index (χ0) is 16.5. The van der Waals surface area contributed by atoms with E-state index in [1.165, 1.54) is 24.6 Å². The van der Waals surface area contributed by atoms with Gasteiger partial charge in [0.05, 0.1) is 22.7 Å². The minimum absolute atomic E-state index is 0.187. The summed E-state index contributed by atoms with van der Waals surface area (Å²) >= 11 is 7.41. The molecule has 0 radical (unpaired) electrons. The summed E-state index contributed by atoms with van der Waals surface area (Å²) < 4.78 is 1.90. The van der Waals surface area contributed by atoms with Crippen molar-refractivity contribution < 1.29 is 0 Å². The van der Waals surface area contributed by atoms with E-state index in [0.29, 0.717) is 33.5 Å². The van der Waals surface area contributed by atoms with Gasteiger partial charge in [-0.1, -0.05) is 36.2 Å². The molecule has 0 spiro atoms. The maximum absolute atomic E-state index is 12.2. The Morgan fingerprint density at radius 2 is 2.17 bits per heavy atom. The molecule has 0 bridgehead atoms. The van der Waals surface area contributed by atoms with Crippen molar-refractivity contribution in [1.29, 1.82) is 0 Å². The first-order chi connectivity index (χ1) is 11.7. The van der Waals surface area contributed by atoms with Gasteiger partial charge in [-0.25, -0.2) is 9.67 Å². The van der Waals surface area contributed by atoms with Crippen molar-refractivity contribution in [2.75, 3.05) is 0 Å². The Bertz CT molecular complexity index is 933. The number of nitrogens with zero attached hydrogens (tertiary/aromatic N) is 5. The highest BCUT2D eigenvalue weighted by Crippen LogP contribution is 2.32. The van der Waals surface area contributed by atoms with Crippen molar-refractivity contribution in [1.82, 2.24) is 30.2 Å². The van der Waals surface area contributed by atoms with Crippen molar-refractivity contribution in [2.45, 2.75) is 42.6 Å². The van der Waals surface area contributed by atoms with Crippen LogP contribution in [0.15, 0.2) is 28.2 Å². The molecule has 0 unspecified atom stereocenters. The lowest BCUT2D eigenvalue weighted by atomic mass is 10.2. The average Bonchev–Trinajstić information content (AvgIpc) is 3.24. The van der Waals surface area contributed by atoms with Gasteiger partial charge in [0, 0.05) is 5.02 Å². The normalized spacial score (nSPS) is 15.4. The molecule has 3 aromatic rings. The monoisotopic (exact) mass is 362 g/mol. The molecule has 9 heteroatoms. The quantitative estimate of drug-likeness (QED) is 0.717. The third-order valence-corrected chi connectivity index (χ3v) is 5.37. The summed E-state index contributed by atoms with van der Waals surface area (Å²) in [4.78, 5) is 19.5. The van der Waals surface area contributed by atoms with Crippen LogP contribution in [-0.4, -0.2) is 30.2 Å². The number of aromatic amines is 1. The molecule has 24 heavy (non-hydrogen) atoms. The van der Waals surface area contributed by atoms with Gasteiger partial charge in [0.25, 0.3) is 5.56 Å². The molecule has 1 fully saturated rings. The molecular weight excluding hydrogens is 348 g/mol. The number of aromatic nitrogens is 6. The number of nitrogens with one attached hydrogen (secondary N) is 1. The predicted molar refractivity (Wildman–Crippen MR) is 92.3 cm³/mol. The molecule has 1 aliphatic carbocycles. The maximum Gasteiger partial charge on any atom is 0.258 e. The number of rotatable bonds is 4. The van der Waals surface area contributed by atoms with Gasteiger partial charge in [0.1, 0.15) is 5.82 Å². The first kappa shape index (κ1) is 15.6. The van der Waals surface area contributed by atoms with Crippen LogP contribution in [0.25, 0.3) is 10.9 Å². The Labute approximate surface area is 146 Å². The van der Waals surface area contributed by atoms with Crippen molar-refractivity contribution in [3.05, 3.63) is 39.4 Å². The Morgan fingerprint density at radius 1 is 1.33 bits per heavy atom. The number of tetrazole rings is 1. The average molecular weight is 363 g/mol. The molecule has 0 aliphatic heterocycles. The van der Waals surface area contributed by atoms with Gasteiger partial charge >= 0.3 is 0 Å². The molecule has 124 valence electrons. The number of halogens is 1. The fourth-order valence-corrected chi connectivity index (χ4v) is 4.01. The highest BCUT2D eigenvalue weighted by atomic mass is 35.5. The van der Waals surface area contributed by atoms with Gasteiger partial charge in [-0.3, -0.25) is 4.79 Å². The molecule has 1 aliphatic rings. The molecular formula is C15H15ClN6OS. The van der Waals surface area contributed by atoms with Gasteiger partial charge in [-0.15, -0.1) is 5.10 Å². The fourth-order valence-electron chi connectivity index (χ4n) is 3.02. The summed E-state index contributed by atoms with van der Waals surface area (Å²) in [5.74, 6) is 1.10. The van der Waals surface area contributed by atoms with Crippen LogP contribution < -0.4 is 5.56 Å². The zero-order valence-electron chi connectivity index (χ0n) is 12.8. The molecule has 7 nitrogen and oxygen atoms in total. The molecule has 1 saturated carbocycles. The lowest BCUT2D eigenvalue weighted by Gasteiger charge is -2.10. The fraction of sp³-hybridized carbons (Fsp3) is 0.400. The second kappa shape index (κ2) is 6.52. The number of benzene rings is 1. The Hall–Kier alpha value is -1.93. The minimum Gasteiger partial charge on any atom is -0.309 e. The molecule has 4 rings (SSSR count). The van der Waals surface area contributed by atoms with Crippen molar-refractivity contribution in [3.63, 3.8) is 0 Å². The summed E-state index contributed by atoms with van der Waals surface area (Å²) in [7, 11) is 0. The van der Waals surface area contributed by atoms with Crippen molar-refractivity contribution in [2.24, 2.45) is 0 Å². The van der Waals surface area contributed by atoms with Gasteiger partial charge in [-0.05, 0) is 41.5 Å². The summed E-state index contributed by atoms with van der Waals surface area (Å²) in [6, 6.07) is 5.49. The number of hydrogen-bond acceptors (Lipinski definition) is 6. The van der Waals surface area contributed by atoms with Crippen LogP contribution in [0.5, 0.6) is 0 Å². The van der Waals surface area contributed by atoms with E-state index in [2.05, 4.69) is 25.5 Å². The van der Waals surface area contributed by atoms with E-state index in [4.69, 9.17) is 11.6 Å². The van der Waals surface area contributed by atoms with Gasteiger partial charge in [-0.2, -0.15) is 0 Å². The molecule has 0 atom stereocenters. The Balaban J connectivity index is 1.56. The van der Waals surface area contributed by atoms with Crippen LogP contribution in [0, 0.1) is 0 Å². The van der Waals surface area contributed by atoms with Crippen LogP contribution in [0.1, 0.15) is 37.5 Å². The van der Waals surface area contributed by atoms with E-state index in [-0.39, 0.29) is 5.56 Å². The van der Waals surface area contributed by atoms with E-state index in [9.17, 15) is 4.79 Å². The van der Waals surface area contributed by atoms with Gasteiger partial charge in [0.2, 0.25) is 5.16 Å². The number of hydrogen-bond donors (Lipinski definition) is 1. The second-order valence-corrected chi connectivity index (χ2v) is 7.19. The van der Waals surface area contributed by atoms with E-state index in [1.807, 2.05) is 4.68 Å². The maximum atomic E-state index is 12.2. The highest BCUT2D eigenvalue weighted by molar-refractivity contribution is 7.98. The van der Waals surface area contributed by atoms with E-state index in [1.54, 1.807) is 18.2 Å². The smallest absolute Gasteiger partial charge is 0.258 e. The van der Waals surface area contributed by atoms with Crippen LogP contribution in [-0.2, 0) is 5.75 Å². The Kier molecular flexibility index (Phi) is 4.24. The van der Waals surface area contributed by atoms with E-state index < -0.39 is 0 Å². The second-order valence-electron chi connectivity index (χ2n) is 5.81. The first-order valence-corrected chi connectivity index (χ1v) is 9.16. The molecule has 1 N–H and O–H groups in total. The molecule has 0 saturated heterocycles. The summed E-state index contributed by atoms with van der Waals surface area (Å²) in [5, 5.41) is 13.8. The standard InChI is InChI=1S/C15H15ClN6OS/c16-9-5-6-12-11(7-9)14(23)18-13(17-12)8-24-15-19-20-21-22(15)10-3-1-2-4-10/h5-7,10H,1-4,8H2,(H,17,18,23). The first-order valence-electron chi connectivity index (χ1n) is 7.80. The van der Waals surface area contributed by atoms with Crippen LogP contribution in [0.2, 0.25) is 5.02 Å². The minimum atomic E-state index is -0.187. The van der Waals surface area contributed by atoms with Gasteiger partial charge < -0.3 is 4.98 Å². The lowest BCUT2D eigenvalue weighted by molar-refractivity contribution is 0.423. The van der Waals surface area contributed by atoms with Crippen LogP contribution >= 0.6 is 23.4 Å². The lowest BCUT2D eigenvalue weighted by Crippen LogP contribution is -2.12. The number of fused-ring (bicyclic) bond motifs is 1. The topological polar surface area (TPSA) is 89.4 Å². The van der Waals surface area contributed by atoms with Crippen LogP contribution in [0.3, 0.4) is 0 Å².